The average Bonchev–Trinajstić information content (AvgIpc) is 2.74. The SMILES string of the molecule is Cc1ccc(S(=O)(=O)N(CC(=O)N/N=C\c2cccc(Cl)c2)c2cccc(Cl)c2C)cc1. The number of sulfonamides is 1. The maximum Gasteiger partial charge on any atom is 0.264 e. The van der Waals surface area contributed by atoms with E-state index < -0.39 is 22.5 Å². The highest BCUT2D eigenvalue weighted by atomic mass is 35.5. The van der Waals surface area contributed by atoms with Crippen molar-refractivity contribution in [3.63, 3.8) is 0 Å². The monoisotopic (exact) mass is 489 g/mol. The van der Waals surface area contributed by atoms with E-state index in [9.17, 15) is 13.2 Å². The number of aryl methyl sites for hydroxylation is 1. The van der Waals surface area contributed by atoms with Crippen molar-refractivity contribution in [3.8, 4) is 0 Å². The van der Waals surface area contributed by atoms with Gasteiger partial charge in [-0.1, -0.05) is 59.1 Å². The Bertz CT molecular complexity index is 1260. The largest absolute Gasteiger partial charge is 0.271 e. The average molecular weight is 490 g/mol. The fourth-order valence-corrected chi connectivity index (χ4v) is 4.78. The topological polar surface area (TPSA) is 78.8 Å². The molecule has 0 aromatic heterocycles. The maximum absolute atomic E-state index is 13.4. The minimum atomic E-state index is -4.04. The third-order valence-corrected chi connectivity index (χ3v) is 7.07. The fraction of sp³-hybridized carbons (Fsp3) is 0.130. The van der Waals surface area contributed by atoms with Gasteiger partial charge in [0, 0.05) is 10.0 Å². The van der Waals surface area contributed by atoms with Crippen molar-refractivity contribution in [2.75, 3.05) is 10.8 Å². The molecular weight excluding hydrogens is 469 g/mol. The summed E-state index contributed by atoms with van der Waals surface area (Å²) in [5, 5.41) is 4.83. The van der Waals surface area contributed by atoms with E-state index in [-0.39, 0.29) is 4.90 Å². The molecule has 3 aromatic rings. The van der Waals surface area contributed by atoms with Gasteiger partial charge in [-0.25, -0.2) is 13.8 Å². The number of nitrogens with one attached hydrogen (secondary N) is 1. The second kappa shape index (κ2) is 10.2. The number of nitrogens with zero attached hydrogens (tertiary/aromatic N) is 2. The summed E-state index contributed by atoms with van der Waals surface area (Å²) in [6, 6.07) is 18.2. The van der Waals surface area contributed by atoms with Crippen LogP contribution in [0.1, 0.15) is 16.7 Å². The number of amides is 1. The van der Waals surface area contributed by atoms with Gasteiger partial charge in [-0.15, -0.1) is 0 Å². The zero-order valence-electron chi connectivity index (χ0n) is 17.4. The summed E-state index contributed by atoms with van der Waals surface area (Å²) in [7, 11) is -4.04. The molecule has 1 amide bonds. The number of hydrogen-bond acceptors (Lipinski definition) is 4. The van der Waals surface area contributed by atoms with E-state index >= 15 is 0 Å². The molecule has 0 unspecified atom stereocenters. The Morgan fingerprint density at radius 3 is 2.41 bits per heavy atom. The van der Waals surface area contributed by atoms with Crippen molar-refractivity contribution in [1.82, 2.24) is 5.43 Å². The van der Waals surface area contributed by atoms with Crippen LogP contribution in [0.4, 0.5) is 5.69 Å². The van der Waals surface area contributed by atoms with Crippen LogP contribution in [0.25, 0.3) is 0 Å². The van der Waals surface area contributed by atoms with Gasteiger partial charge in [0.1, 0.15) is 6.54 Å². The Balaban J connectivity index is 1.90. The van der Waals surface area contributed by atoms with Gasteiger partial charge in [0.25, 0.3) is 15.9 Å². The molecule has 3 aromatic carbocycles. The summed E-state index contributed by atoms with van der Waals surface area (Å²) < 4.78 is 27.9. The quantitative estimate of drug-likeness (QED) is 0.376. The van der Waals surface area contributed by atoms with Gasteiger partial charge < -0.3 is 0 Å². The molecule has 0 heterocycles. The van der Waals surface area contributed by atoms with E-state index in [0.29, 0.717) is 26.9 Å². The Labute approximate surface area is 197 Å². The standard InChI is InChI=1S/C23H21Cl2N3O3S/c1-16-9-11-20(12-10-16)32(30,31)28(22-8-4-7-21(25)17(22)2)15-23(29)27-26-14-18-5-3-6-19(24)13-18/h3-14H,15H2,1-2H3,(H,27,29)/b26-14-. The second-order valence-electron chi connectivity index (χ2n) is 7.06. The van der Waals surface area contributed by atoms with Gasteiger partial charge >= 0.3 is 0 Å². The summed E-state index contributed by atoms with van der Waals surface area (Å²) in [6.45, 7) is 3.08. The highest BCUT2D eigenvalue weighted by Gasteiger charge is 2.28. The van der Waals surface area contributed by atoms with Crippen LogP contribution in [-0.4, -0.2) is 27.1 Å². The van der Waals surface area contributed by atoms with Crippen LogP contribution in [-0.2, 0) is 14.8 Å². The number of anilines is 1. The van der Waals surface area contributed by atoms with E-state index in [1.54, 1.807) is 61.5 Å². The van der Waals surface area contributed by atoms with Gasteiger partial charge in [-0.3, -0.25) is 9.10 Å². The minimum absolute atomic E-state index is 0.0673. The lowest BCUT2D eigenvalue weighted by Crippen LogP contribution is -2.40. The van der Waals surface area contributed by atoms with Crippen LogP contribution in [0.3, 0.4) is 0 Å². The zero-order chi connectivity index (χ0) is 23.3. The zero-order valence-corrected chi connectivity index (χ0v) is 19.7. The van der Waals surface area contributed by atoms with Crippen molar-refractivity contribution in [1.29, 1.82) is 0 Å². The molecule has 0 bridgehead atoms. The van der Waals surface area contributed by atoms with E-state index in [1.165, 1.54) is 18.3 Å². The molecule has 0 aliphatic rings. The van der Waals surface area contributed by atoms with Gasteiger partial charge in [0.2, 0.25) is 0 Å². The van der Waals surface area contributed by atoms with Crippen molar-refractivity contribution in [3.05, 3.63) is 93.5 Å². The fourth-order valence-electron chi connectivity index (χ4n) is 2.93. The number of hydrogen-bond donors (Lipinski definition) is 1. The Kier molecular flexibility index (Phi) is 7.56. The minimum Gasteiger partial charge on any atom is -0.271 e. The van der Waals surface area contributed by atoms with E-state index in [1.807, 2.05) is 6.92 Å². The molecule has 0 fully saturated rings. The van der Waals surface area contributed by atoms with Crippen LogP contribution in [0.5, 0.6) is 0 Å². The highest BCUT2D eigenvalue weighted by molar-refractivity contribution is 7.92. The van der Waals surface area contributed by atoms with E-state index in [2.05, 4.69) is 10.5 Å². The molecular formula is C23H21Cl2N3O3S. The third-order valence-electron chi connectivity index (χ3n) is 4.66. The van der Waals surface area contributed by atoms with Gasteiger partial charge in [-0.05, 0) is 61.4 Å². The predicted molar refractivity (Wildman–Crippen MR) is 129 cm³/mol. The van der Waals surface area contributed by atoms with Crippen LogP contribution < -0.4 is 9.73 Å². The number of carbonyl (C=O) groups is 1. The number of benzene rings is 3. The third kappa shape index (κ3) is 5.68. The van der Waals surface area contributed by atoms with E-state index in [4.69, 9.17) is 23.2 Å². The molecule has 0 aliphatic heterocycles. The molecule has 0 saturated carbocycles. The van der Waals surface area contributed by atoms with Crippen molar-refractivity contribution in [2.45, 2.75) is 18.7 Å². The number of carbonyl (C=O) groups excluding carboxylic acids is 1. The molecule has 0 atom stereocenters. The van der Waals surface area contributed by atoms with Crippen molar-refractivity contribution >= 4 is 51.0 Å². The number of hydrazone groups is 1. The molecule has 0 spiro atoms. The first-order chi connectivity index (χ1) is 15.2. The van der Waals surface area contributed by atoms with Crippen LogP contribution in [0.2, 0.25) is 10.0 Å². The first-order valence-corrected chi connectivity index (χ1v) is 11.8. The smallest absolute Gasteiger partial charge is 0.264 e. The Morgan fingerprint density at radius 2 is 1.72 bits per heavy atom. The molecule has 9 heteroatoms. The summed E-state index contributed by atoms with van der Waals surface area (Å²) in [4.78, 5) is 12.7. The normalized spacial score (nSPS) is 11.5. The summed E-state index contributed by atoms with van der Waals surface area (Å²) in [5.74, 6) is -0.613. The second-order valence-corrected chi connectivity index (χ2v) is 9.76. The predicted octanol–water partition coefficient (Wildman–Crippen LogP) is 4.96. The first-order valence-electron chi connectivity index (χ1n) is 9.60. The van der Waals surface area contributed by atoms with Crippen LogP contribution >= 0.6 is 23.2 Å². The molecule has 32 heavy (non-hydrogen) atoms. The molecule has 3 rings (SSSR count). The molecule has 166 valence electrons. The molecule has 0 saturated heterocycles. The van der Waals surface area contributed by atoms with Crippen molar-refractivity contribution < 1.29 is 13.2 Å². The molecule has 6 nitrogen and oxygen atoms in total. The van der Waals surface area contributed by atoms with E-state index in [0.717, 1.165) is 9.87 Å². The first kappa shape index (κ1) is 23.8. The Morgan fingerprint density at radius 1 is 1.03 bits per heavy atom. The summed E-state index contributed by atoms with van der Waals surface area (Å²) >= 11 is 12.2. The highest BCUT2D eigenvalue weighted by Crippen LogP contribution is 2.30. The number of halogens is 2. The summed E-state index contributed by atoms with van der Waals surface area (Å²) in [5.41, 5.74) is 4.83. The summed E-state index contributed by atoms with van der Waals surface area (Å²) in [6.07, 6.45) is 1.42. The van der Waals surface area contributed by atoms with Crippen LogP contribution in [0, 0.1) is 13.8 Å². The van der Waals surface area contributed by atoms with Gasteiger partial charge in [0.05, 0.1) is 16.8 Å². The Hall–Kier alpha value is -2.87. The lowest BCUT2D eigenvalue weighted by molar-refractivity contribution is -0.119. The van der Waals surface area contributed by atoms with Crippen LogP contribution in [0.15, 0.2) is 76.7 Å². The number of rotatable bonds is 7. The molecule has 0 aliphatic carbocycles. The lowest BCUT2D eigenvalue weighted by atomic mass is 10.2. The molecule has 1 N–H and O–H groups in total. The lowest BCUT2D eigenvalue weighted by Gasteiger charge is -2.25. The van der Waals surface area contributed by atoms with Gasteiger partial charge in [-0.2, -0.15) is 5.10 Å². The molecule has 0 radical (unpaired) electrons. The van der Waals surface area contributed by atoms with Crippen molar-refractivity contribution in [2.24, 2.45) is 5.10 Å². The van der Waals surface area contributed by atoms with Gasteiger partial charge in [0.15, 0.2) is 0 Å². The maximum atomic E-state index is 13.4.